The molecule has 1 atom stereocenters. The van der Waals surface area contributed by atoms with Crippen molar-refractivity contribution in [3.63, 3.8) is 0 Å². The predicted octanol–water partition coefficient (Wildman–Crippen LogP) is 2.29. The lowest BCUT2D eigenvalue weighted by Gasteiger charge is -2.18. The molecule has 0 saturated carbocycles. The molecule has 1 aliphatic rings. The minimum Gasteiger partial charge on any atom is -0.486 e. The lowest BCUT2D eigenvalue weighted by atomic mass is 10.1. The molecule has 1 aromatic heterocycles. The number of benzene rings is 1. The third-order valence-electron chi connectivity index (χ3n) is 2.99. The lowest BCUT2D eigenvalue weighted by molar-refractivity contribution is -0.117. The molecule has 8 heteroatoms. The molecule has 6 nitrogen and oxygen atoms in total. The molecule has 2 aromatic rings. The van der Waals surface area contributed by atoms with Crippen LogP contribution in [0.15, 0.2) is 23.6 Å². The number of nitrogens with two attached hydrogens (primary N) is 1. The van der Waals surface area contributed by atoms with Crippen molar-refractivity contribution in [2.24, 2.45) is 5.73 Å². The first-order chi connectivity index (χ1) is 10.1. The Morgan fingerprint density at radius 1 is 1.36 bits per heavy atom. The molecule has 0 aliphatic carbocycles. The van der Waals surface area contributed by atoms with E-state index in [0.717, 1.165) is 17.0 Å². The topological polar surface area (TPSA) is 86.5 Å². The van der Waals surface area contributed by atoms with Gasteiger partial charge in [-0.15, -0.1) is 23.7 Å². The van der Waals surface area contributed by atoms with Crippen LogP contribution in [-0.2, 0) is 4.79 Å². The number of hydrogen-bond acceptors (Lipinski definition) is 6. The van der Waals surface area contributed by atoms with Gasteiger partial charge in [0.1, 0.15) is 13.2 Å². The first-order valence-electron chi connectivity index (χ1n) is 6.55. The van der Waals surface area contributed by atoms with Crippen LogP contribution in [0.2, 0.25) is 0 Å². The van der Waals surface area contributed by atoms with Crippen molar-refractivity contribution in [3.8, 4) is 22.8 Å². The van der Waals surface area contributed by atoms with Crippen molar-refractivity contribution in [1.29, 1.82) is 0 Å². The molecule has 0 spiro atoms. The number of fused-ring (bicyclic) bond motifs is 1. The van der Waals surface area contributed by atoms with E-state index >= 15 is 0 Å². The zero-order valence-electron chi connectivity index (χ0n) is 11.9. The van der Waals surface area contributed by atoms with E-state index in [-0.39, 0.29) is 18.3 Å². The number of aromatic nitrogens is 1. The van der Waals surface area contributed by atoms with Gasteiger partial charge in [0.15, 0.2) is 16.6 Å². The molecular formula is C14H16ClN3O3S. The molecule has 22 heavy (non-hydrogen) atoms. The highest BCUT2D eigenvalue weighted by molar-refractivity contribution is 7.14. The van der Waals surface area contributed by atoms with E-state index in [1.807, 2.05) is 23.6 Å². The molecule has 3 N–H and O–H groups in total. The van der Waals surface area contributed by atoms with Crippen molar-refractivity contribution in [2.45, 2.75) is 13.0 Å². The van der Waals surface area contributed by atoms with Crippen molar-refractivity contribution >= 4 is 34.8 Å². The largest absolute Gasteiger partial charge is 0.486 e. The van der Waals surface area contributed by atoms with Crippen LogP contribution in [0.3, 0.4) is 0 Å². The monoisotopic (exact) mass is 341 g/mol. The van der Waals surface area contributed by atoms with Gasteiger partial charge in [-0.05, 0) is 25.1 Å². The maximum absolute atomic E-state index is 11.5. The Balaban J connectivity index is 0.00000176. The maximum Gasteiger partial charge on any atom is 0.242 e. The van der Waals surface area contributed by atoms with Gasteiger partial charge < -0.3 is 20.5 Å². The second-order valence-electron chi connectivity index (χ2n) is 4.67. The van der Waals surface area contributed by atoms with Gasteiger partial charge in [-0.2, -0.15) is 0 Å². The van der Waals surface area contributed by atoms with Gasteiger partial charge in [-0.3, -0.25) is 4.79 Å². The van der Waals surface area contributed by atoms with Gasteiger partial charge in [0, 0.05) is 10.9 Å². The number of carbonyl (C=O) groups is 1. The van der Waals surface area contributed by atoms with Crippen molar-refractivity contribution in [1.82, 2.24) is 4.98 Å². The molecule has 1 aromatic carbocycles. The molecule has 0 radical (unpaired) electrons. The Labute approximate surface area is 138 Å². The van der Waals surface area contributed by atoms with Crippen molar-refractivity contribution < 1.29 is 14.3 Å². The highest BCUT2D eigenvalue weighted by Gasteiger charge is 2.15. The van der Waals surface area contributed by atoms with Crippen LogP contribution < -0.4 is 20.5 Å². The number of amides is 1. The summed E-state index contributed by atoms with van der Waals surface area (Å²) >= 11 is 1.36. The number of anilines is 1. The highest BCUT2D eigenvalue weighted by atomic mass is 35.5. The summed E-state index contributed by atoms with van der Waals surface area (Å²) in [6, 6.07) is 5.11. The van der Waals surface area contributed by atoms with Crippen LogP contribution >= 0.6 is 23.7 Å². The lowest BCUT2D eigenvalue weighted by Crippen LogP contribution is -2.32. The fourth-order valence-corrected chi connectivity index (χ4v) is 2.61. The van der Waals surface area contributed by atoms with Crippen LogP contribution in [0.25, 0.3) is 11.3 Å². The third kappa shape index (κ3) is 3.49. The Kier molecular flexibility index (Phi) is 5.23. The van der Waals surface area contributed by atoms with Crippen LogP contribution in [0.1, 0.15) is 6.92 Å². The van der Waals surface area contributed by atoms with Crippen molar-refractivity contribution in [3.05, 3.63) is 23.6 Å². The molecule has 0 fully saturated rings. The number of nitrogens with zero attached hydrogens (tertiary/aromatic N) is 1. The molecule has 0 unspecified atom stereocenters. The third-order valence-corrected chi connectivity index (χ3v) is 3.74. The SMILES string of the molecule is C[C@H](N)C(=O)Nc1nc(-c2ccc3c(c2)OCCO3)cs1.Cl. The Morgan fingerprint density at radius 3 is 2.82 bits per heavy atom. The summed E-state index contributed by atoms with van der Waals surface area (Å²) in [7, 11) is 0. The number of hydrogen-bond donors (Lipinski definition) is 2. The smallest absolute Gasteiger partial charge is 0.242 e. The van der Waals surface area contributed by atoms with Gasteiger partial charge in [0.2, 0.25) is 5.91 Å². The normalized spacial score (nSPS) is 13.9. The number of carbonyl (C=O) groups excluding carboxylic acids is 1. The number of nitrogens with one attached hydrogen (secondary N) is 1. The standard InChI is InChI=1S/C14H15N3O3S.ClH/c1-8(15)13(18)17-14-16-10(7-21-14)9-2-3-11-12(6-9)20-5-4-19-11;/h2-3,6-8H,4-5,15H2,1H3,(H,16,17,18);1H/t8-;/m0./s1. The van der Waals surface area contributed by atoms with Gasteiger partial charge in [-0.1, -0.05) is 0 Å². The zero-order chi connectivity index (χ0) is 14.8. The van der Waals surface area contributed by atoms with Gasteiger partial charge >= 0.3 is 0 Å². The Morgan fingerprint density at radius 2 is 2.09 bits per heavy atom. The molecule has 3 rings (SSSR count). The minimum absolute atomic E-state index is 0. The summed E-state index contributed by atoms with van der Waals surface area (Å²) < 4.78 is 11.0. The Hall–Kier alpha value is -1.83. The Bertz CT molecular complexity index is 675. The molecule has 2 heterocycles. The van der Waals surface area contributed by atoms with Crippen LogP contribution in [0.4, 0.5) is 5.13 Å². The predicted molar refractivity (Wildman–Crippen MR) is 88.1 cm³/mol. The first kappa shape index (κ1) is 16.5. The molecule has 1 amide bonds. The minimum atomic E-state index is -0.563. The average molecular weight is 342 g/mol. The van der Waals surface area contributed by atoms with Crippen LogP contribution in [0, 0.1) is 0 Å². The molecule has 1 aliphatic heterocycles. The molecular weight excluding hydrogens is 326 g/mol. The van der Waals surface area contributed by atoms with E-state index < -0.39 is 6.04 Å². The fraction of sp³-hybridized carbons (Fsp3) is 0.286. The van der Waals surface area contributed by atoms with E-state index in [1.54, 1.807) is 6.92 Å². The summed E-state index contributed by atoms with van der Waals surface area (Å²) in [4.78, 5) is 15.9. The van der Waals surface area contributed by atoms with Gasteiger partial charge in [-0.25, -0.2) is 4.98 Å². The maximum atomic E-state index is 11.5. The molecule has 0 bridgehead atoms. The molecule has 0 saturated heterocycles. The molecule has 118 valence electrons. The second kappa shape index (κ2) is 6.95. The number of thiazole rings is 1. The summed E-state index contributed by atoms with van der Waals surface area (Å²) in [6.45, 7) is 2.74. The zero-order valence-corrected chi connectivity index (χ0v) is 13.5. The van der Waals surface area contributed by atoms with Gasteiger partial charge in [0.05, 0.1) is 11.7 Å². The van der Waals surface area contributed by atoms with E-state index in [0.29, 0.717) is 24.1 Å². The van der Waals surface area contributed by atoms with Gasteiger partial charge in [0.25, 0.3) is 0 Å². The summed E-state index contributed by atoms with van der Waals surface area (Å²) in [6.07, 6.45) is 0. The number of rotatable bonds is 3. The van der Waals surface area contributed by atoms with Crippen molar-refractivity contribution in [2.75, 3.05) is 18.5 Å². The van der Waals surface area contributed by atoms with Crippen LogP contribution in [-0.4, -0.2) is 30.1 Å². The van der Waals surface area contributed by atoms with E-state index in [1.165, 1.54) is 11.3 Å². The number of ether oxygens (including phenoxy) is 2. The number of halogens is 1. The second-order valence-corrected chi connectivity index (χ2v) is 5.53. The average Bonchev–Trinajstić information content (AvgIpc) is 2.95. The van der Waals surface area contributed by atoms with E-state index in [2.05, 4.69) is 10.3 Å². The van der Waals surface area contributed by atoms with Crippen LogP contribution in [0.5, 0.6) is 11.5 Å². The quantitative estimate of drug-likeness (QED) is 0.894. The van der Waals surface area contributed by atoms with E-state index in [4.69, 9.17) is 15.2 Å². The summed E-state index contributed by atoms with van der Waals surface area (Å²) in [5.74, 6) is 1.21. The summed E-state index contributed by atoms with van der Waals surface area (Å²) in [5.41, 5.74) is 7.20. The summed E-state index contributed by atoms with van der Waals surface area (Å²) in [5, 5.41) is 5.09. The highest BCUT2D eigenvalue weighted by Crippen LogP contribution is 2.35. The fourth-order valence-electron chi connectivity index (χ4n) is 1.89. The van der Waals surface area contributed by atoms with E-state index in [9.17, 15) is 4.79 Å². The first-order valence-corrected chi connectivity index (χ1v) is 7.43.